The van der Waals surface area contributed by atoms with Crippen LogP contribution in [0.25, 0.3) is 0 Å². The first-order chi connectivity index (χ1) is 37.0. The maximum absolute atomic E-state index is 12.8. The highest BCUT2D eigenvalue weighted by Crippen LogP contribution is 2.17. The van der Waals surface area contributed by atoms with Crippen LogP contribution < -0.4 is 0 Å². The smallest absolute Gasteiger partial charge is 0.306 e. The second-order valence-corrected chi connectivity index (χ2v) is 21.3. The predicted octanol–water partition coefficient (Wildman–Crippen LogP) is 21.9. The Morgan fingerprint density at radius 2 is 0.547 bits per heavy atom. The van der Waals surface area contributed by atoms with Crippen LogP contribution in [0.4, 0.5) is 0 Å². The Bertz CT molecular complexity index is 1430. The van der Waals surface area contributed by atoms with E-state index in [0.29, 0.717) is 19.3 Å². The summed E-state index contributed by atoms with van der Waals surface area (Å²) >= 11 is 0. The molecule has 1 atom stereocenters. The van der Waals surface area contributed by atoms with Crippen molar-refractivity contribution in [3.8, 4) is 0 Å². The van der Waals surface area contributed by atoms with E-state index in [9.17, 15) is 14.4 Å². The van der Waals surface area contributed by atoms with E-state index in [4.69, 9.17) is 14.2 Å². The second-order valence-electron chi connectivity index (χ2n) is 21.3. The van der Waals surface area contributed by atoms with Crippen molar-refractivity contribution in [1.29, 1.82) is 0 Å². The molecule has 0 N–H and O–H groups in total. The Morgan fingerprint density at radius 1 is 0.280 bits per heavy atom. The van der Waals surface area contributed by atoms with Gasteiger partial charge in [-0.25, -0.2) is 0 Å². The Labute approximate surface area is 465 Å². The first kappa shape index (κ1) is 71.6. The molecule has 0 aromatic heterocycles. The molecule has 0 saturated carbocycles. The molecular formula is C69H120O6. The van der Waals surface area contributed by atoms with Crippen LogP contribution in [0.1, 0.15) is 316 Å². The van der Waals surface area contributed by atoms with Gasteiger partial charge in [0.15, 0.2) is 6.10 Å². The van der Waals surface area contributed by atoms with Crippen LogP contribution in [0.15, 0.2) is 85.1 Å². The molecular weight excluding hydrogens is 925 g/mol. The fourth-order valence-corrected chi connectivity index (χ4v) is 9.04. The first-order valence-corrected chi connectivity index (χ1v) is 32.1. The highest BCUT2D eigenvalue weighted by atomic mass is 16.6. The van der Waals surface area contributed by atoms with Crippen LogP contribution >= 0.6 is 0 Å². The van der Waals surface area contributed by atoms with E-state index in [1.807, 2.05) is 0 Å². The molecule has 75 heavy (non-hydrogen) atoms. The molecule has 0 radical (unpaired) electrons. The molecule has 1 unspecified atom stereocenters. The maximum Gasteiger partial charge on any atom is 0.306 e. The van der Waals surface area contributed by atoms with Gasteiger partial charge >= 0.3 is 17.9 Å². The Hall–Kier alpha value is -3.41. The number of unbranched alkanes of at least 4 members (excludes halogenated alkanes) is 33. The van der Waals surface area contributed by atoms with Crippen molar-refractivity contribution in [3.05, 3.63) is 85.1 Å². The average Bonchev–Trinajstić information content (AvgIpc) is 3.41. The summed E-state index contributed by atoms with van der Waals surface area (Å²) in [6.07, 6.45) is 83.3. The number of ether oxygens (including phenoxy) is 3. The lowest BCUT2D eigenvalue weighted by Crippen LogP contribution is -2.30. The molecule has 0 aliphatic rings. The zero-order valence-corrected chi connectivity index (χ0v) is 49.6. The third kappa shape index (κ3) is 61.3. The molecule has 0 rings (SSSR count). The van der Waals surface area contributed by atoms with E-state index in [2.05, 4.69) is 106 Å². The van der Waals surface area contributed by atoms with Crippen LogP contribution in [-0.4, -0.2) is 37.2 Å². The largest absolute Gasteiger partial charge is 0.462 e. The van der Waals surface area contributed by atoms with Gasteiger partial charge in [-0.1, -0.05) is 279 Å². The molecule has 0 amide bonds. The van der Waals surface area contributed by atoms with E-state index in [1.165, 1.54) is 154 Å². The molecule has 0 aromatic rings. The number of allylic oxidation sites excluding steroid dienone is 14. The van der Waals surface area contributed by atoms with Gasteiger partial charge in [0.1, 0.15) is 13.2 Å². The third-order valence-corrected chi connectivity index (χ3v) is 13.8. The summed E-state index contributed by atoms with van der Waals surface area (Å²) in [5, 5.41) is 0. The normalized spacial score (nSPS) is 12.6. The van der Waals surface area contributed by atoms with Crippen LogP contribution in [0, 0.1) is 0 Å². The number of rotatable bonds is 58. The molecule has 432 valence electrons. The van der Waals surface area contributed by atoms with Crippen LogP contribution in [0.2, 0.25) is 0 Å². The molecule has 0 bridgehead atoms. The van der Waals surface area contributed by atoms with Gasteiger partial charge in [0.2, 0.25) is 0 Å². The van der Waals surface area contributed by atoms with Gasteiger partial charge in [-0.05, 0) is 103 Å². The highest BCUT2D eigenvalue weighted by molar-refractivity contribution is 5.71. The van der Waals surface area contributed by atoms with E-state index >= 15 is 0 Å². The first-order valence-electron chi connectivity index (χ1n) is 32.1. The van der Waals surface area contributed by atoms with Gasteiger partial charge < -0.3 is 14.2 Å². The van der Waals surface area contributed by atoms with Crippen molar-refractivity contribution in [3.63, 3.8) is 0 Å². The van der Waals surface area contributed by atoms with Gasteiger partial charge in [-0.15, -0.1) is 0 Å². The molecule has 0 fully saturated rings. The Balaban J connectivity index is 4.06. The van der Waals surface area contributed by atoms with Crippen LogP contribution in [0.3, 0.4) is 0 Å². The minimum Gasteiger partial charge on any atom is -0.462 e. The molecule has 0 spiro atoms. The third-order valence-electron chi connectivity index (χ3n) is 13.8. The zero-order chi connectivity index (χ0) is 54.3. The van der Waals surface area contributed by atoms with Crippen molar-refractivity contribution < 1.29 is 28.6 Å². The van der Waals surface area contributed by atoms with Crippen molar-refractivity contribution in [1.82, 2.24) is 0 Å². The van der Waals surface area contributed by atoms with Gasteiger partial charge in [0.25, 0.3) is 0 Å². The fourth-order valence-electron chi connectivity index (χ4n) is 9.04. The number of esters is 3. The summed E-state index contributed by atoms with van der Waals surface area (Å²) in [6.45, 7) is 6.43. The predicted molar refractivity (Wildman–Crippen MR) is 325 cm³/mol. The molecule has 0 saturated heterocycles. The molecule has 0 aliphatic carbocycles. The lowest BCUT2D eigenvalue weighted by molar-refractivity contribution is -0.167. The standard InChI is InChI=1S/C69H120O6/c1-4-7-10-13-16-19-22-24-26-27-28-29-30-31-32-33-34-35-36-37-38-39-40-41-42-43-44-46-47-50-53-56-59-62-68(71)74-65-66(64-73-67(70)61-58-55-52-49-21-18-15-12-9-6-3)75-69(72)63-60-57-54-51-48-45-25-23-20-17-14-11-8-5-2/h7,10,12,14-17,19,23-26,28-29,66H,4-6,8-9,11,13,18,20-22,27,30-65H2,1-3H3/b10-7-,15-12-,17-14-,19-16-,25-23-,26-24-,29-28-. The zero-order valence-electron chi connectivity index (χ0n) is 49.6. The van der Waals surface area contributed by atoms with Gasteiger partial charge in [-0.3, -0.25) is 14.4 Å². The molecule has 6 heteroatoms. The highest BCUT2D eigenvalue weighted by Gasteiger charge is 2.19. The van der Waals surface area contributed by atoms with E-state index in [0.717, 1.165) is 122 Å². The molecule has 6 nitrogen and oxygen atoms in total. The number of hydrogen-bond acceptors (Lipinski definition) is 6. The maximum atomic E-state index is 12.8. The van der Waals surface area contributed by atoms with Gasteiger partial charge in [0, 0.05) is 19.3 Å². The summed E-state index contributed by atoms with van der Waals surface area (Å²) in [5.41, 5.74) is 0. The quantitative estimate of drug-likeness (QED) is 0.0261. The fraction of sp³-hybridized carbons (Fsp3) is 0.754. The Morgan fingerprint density at radius 3 is 0.880 bits per heavy atom. The minimum atomic E-state index is -0.784. The van der Waals surface area contributed by atoms with Crippen molar-refractivity contribution >= 4 is 17.9 Å². The van der Waals surface area contributed by atoms with Crippen molar-refractivity contribution in [2.75, 3.05) is 13.2 Å². The number of carbonyl (C=O) groups excluding carboxylic acids is 3. The summed E-state index contributed by atoms with van der Waals surface area (Å²) in [5.74, 6) is -0.896. The van der Waals surface area contributed by atoms with E-state index in [-0.39, 0.29) is 31.1 Å². The minimum absolute atomic E-state index is 0.0814. The SMILES string of the molecule is CC/C=C\C/C=C\C/C=C\C/C=C\CCCCCCCCCCCCCCCCCCCCCCC(=O)OCC(COC(=O)CCCCCCC/C=C\CCC)OC(=O)CCCCCCC/C=C\C/C=C\CCCC. The lowest BCUT2D eigenvalue weighted by Gasteiger charge is -2.18. The summed E-state index contributed by atoms with van der Waals surface area (Å²) in [4.78, 5) is 38.1. The lowest BCUT2D eigenvalue weighted by atomic mass is 10.0. The van der Waals surface area contributed by atoms with E-state index in [1.54, 1.807) is 0 Å². The monoisotopic (exact) mass is 1040 g/mol. The summed E-state index contributed by atoms with van der Waals surface area (Å²) in [6, 6.07) is 0. The molecule has 0 aliphatic heterocycles. The van der Waals surface area contributed by atoms with Gasteiger partial charge in [-0.2, -0.15) is 0 Å². The average molecular weight is 1050 g/mol. The van der Waals surface area contributed by atoms with Crippen molar-refractivity contribution in [2.45, 2.75) is 322 Å². The summed E-state index contributed by atoms with van der Waals surface area (Å²) in [7, 11) is 0. The molecule has 0 aromatic carbocycles. The van der Waals surface area contributed by atoms with Gasteiger partial charge in [0.05, 0.1) is 0 Å². The second kappa shape index (κ2) is 63.1. The van der Waals surface area contributed by atoms with Crippen molar-refractivity contribution in [2.24, 2.45) is 0 Å². The number of carbonyl (C=O) groups is 3. The Kier molecular flexibility index (Phi) is 60.3. The van der Waals surface area contributed by atoms with Crippen LogP contribution in [-0.2, 0) is 28.6 Å². The van der Waals surface area contributed by atoms with E-state index < -0.39 is 6.10 Å². The van der Waals surface area contributed by atoms with Crippen LogP contribution in [0.5, 0.6) is 0 Å². The number of hydrogen-bond donors (Lipinski definition) is 0. The molecule has 0 heterocycles. The summed E-state index contributed by atoms with van der Waals surface area (Å²) < 4.78 is 16.8. The topological polar surface area (TPSA) is 78.9 Å².